The van der Waals surface area contributed by atoms with Gasteiger partial charge >= 0.3 is 6.18 Å². The van der Waals surface area contributed by atoms with Crippen LogP contribution in [0.5, 0.6) is 0 Å². The molecule has 0 aliphatic carbocycles. The first-order valence-electron chi connectivity index (χ1n) is 5.79. The zero-order valence-electron chi connectivity index (χ0n) is 11.2. The summed E-state index contributed by atoms with van der Waals surface area (Å²) < 4.78 is 38.3. The molecule has 0 amide bonds. The summed E-state index contributed by atoms with van der Waals surface area (Å²) in [6, 6.07) is 0. The van der Waals surface area contributed by atoms with E-state index in [1.54, 1.807) is 6.20 Å². The number of thiazole rings is 1. The minimum atomic E-state index is -4.25. The number of anilines is 1. The van der Waals surface area contributed by atoms with Crippen molar-refractivity contribution < 1.29 is 13.2 Å². The minimum Gasteiger partial charge on any atom is -0.375 e. The second-order valence-electron chi connectivity index (χ2n) is 4.42. The number of imidazole rings is 1. The van der Waals surface area contributed by atoms with Gasteiger partial charge in [0.15, 0.2) is 5.13 Å². The van der Waals surface area contributed by atoms with Gasteiger partial charge in [0, 0.05) is 30.0 Å². The van der Waals surface area contributed by atoms with Crippen LogP contribution in [0, 0.1) is 0 Å². The molecule has 0 fully saturated rings. The Balaban J connectivity index is 0.00000220. The third-order valence-electron chi connectivity index (χ3n) is 2.56. The van der Waals surface area contributed by atoms with Crippen LogP contribution >= 0.6 is 23.7 Å². The van der Waals surface area contributed by atoms with Crippen LogP contribution in [0.1, 0.15) is 10.7 Å². The summed E-state index contributed by atoms with van der Waals surface area (Å²) in [5.74, 6) is 0.377. The van der Waals surface area contributed by atoms with Gasteiger partial charge in [0.1, 0.15) is 12.4 Å². The second kappa shape index (κ2) is 7.10. The fourth-order valence-corrected chi connectivity index (χ4v) is 2.55. The summed E-state index contributed by atoms with van der Waals surface area (Å²) in [5, 5.41) is 0.479. The number of nitrogens with zero attached hydrogens (tertiary/aromatic N) is 4. The van der Waals surface area contributed by atoms with Gasteiger partial charge in [0.25, 0.3) is 0 Å². The summed E-state index contributed by atoms with van der Waals surface area (Å²) in [7, 11) is 1.81. The molecule has 5 nitrogen and oxygen atoms in total. The van der Waals surface area contributed by atoms with Crippen molar-refractivity contribution >= 4 is 28.9 Å². The molecule has 0 radical (unpaired) electrons. The first kappa shape index (κ1) is 17.7. The lowest BCUT2D eigenvalue weighted by molar-refractivity contribution is -0.141. The van der Waals surface area contributed by atoms with E-state index in [0.29, 0.717) is 24.0 Å². The van der Waals surface area contributed by atoms with Crippen LogP contribution in [0.15, 0.2) is 18.6 Å². The molecular weight excluding hydrogens is 327 g/mol. The van der Waals surface area contributed by atoms with Gasteiger partial charge in [0.05, 0.1) is 6.54 Å². The van der Waals surface area contributed by atoms with Crippen LogP contribution in [-0.4, -0.2) is 32.7 Å². The summed E-state index contributed by atoms with van der Waals surface area (Å²) in [6.45, 7) is -0.141. The van der Waals surface area contributed by atoms with E-state index in [0.717, 1.165) is 9.44 Å². The maximum Gasteiger partial charge on any atom is 0.406 e. The average molecular weight is 342 g/mol. The molecule has 0 saturated heterocycles. The molecule has 21 heavy (non-hydrogen) atoms. The van der Waals surface area contributed by atoms with Gasteiger partial charge in [-0.25, -0.2) is 9.97 Å². The predicted octanol–water partition coefficient (Wildman–Crippen LogP) is 2.54. The minimum absolute atomic E-state index is 0. The van der Waals surface area contributed by atoms with E-state index in [9.17, 15) is 13.2 Å². The van der Waals surface area contributed by atoms with Crippen molar-refractivity contribution in [3.05, 3.63) is 29.3 Å². The Morgan fingerprint density at radius 1 is 1.33 bits per heavy atom. The fourth-order valence-electron chi connectivity index (χ4n) is 1.79. The Hall–Kier alpha value is -1.32. The maximum atomic E-state index is 12.4. The van der Waals surface area contributed by atoms with E-state index in [1.807, 2.05) is 11.9 Å². The highest BCUT2D eigenvalue weighted by atomic mass is 35.5. The first-order chi connectivity index (χ1) is 9.33. The summed E-state index contributed by atoms with van der Waals surface area (Å²) in [4.78, 5) is 10.7. The predicted molar refractivity (Wildman–Crippen MR) is 77.2 cm³/mol. The van der Waals surface area contributed by atoms with Crippen molar-refractivity contribution in [3.63, 3.8) is 0 Å². The topological polar surface area (TPSA) is 60.0 Å². The molecule has 0 unspecified atom stereocenters. The maximum absolute atomic E-state index is 12.4. The Morgan fingerprint density at radius 3 is 2.62 bits per heavy atom. The Bertz CT molecular complexity index is 568. The van der Waals surface area contributed by atoms with Gasteiger partial charge < -0.3 is 10.3 Å². The number of alkyl halides is 3. The van der Waals surface area contributed by atoms with Crippen LogP contribution in [-0.2, 0) is 19.6 Å². The number of nitrogen functional groups attached to an aromatic ring is 1. The molecule has 118 valence electrons. The molecule has 0 aliphatic rings. The zero-order chi connectivity index (χ0) is 14.8. The third-order valence-corrected chi connectivity index (χ3v) is 3.37. The highest BCUT2D eigenvalue weighted by Crippen LogP contribution is 2.20. The normalized spacial score (nSPS) is 11.7. The largest absolute Gasteiger partial charge is 0.406 e. The number of hydrogen-bond donors (Lipinski definition) is 1. The van der Waals surface area contributed by atoms with Crippen molar-refractivity contribution in [3.8, 4) is 0 Å². The molecule has 2 aromatic rings. The first-order valence-corrected chi connectivity index (χ1v) is 6.60. The molecule has 2 heterocycles. The zero-order valence-corrected chi connectivity index (χ0v) is 12.8. The summed E-state index contributed by atoms with van der Waals surface area (Å²) in [5.41, 5.74) is 5.53. The molecule has 10 heteroatoms. The lowest BCUT2D eigenvalue weighted by atomic mass is 10.4. The van der Waals surface area contributed by atoms with Crippen molar-refractivity contribution in [2.45, 2.75) is 25.8 Å². The molecule has 0 bridgehead atoms. The van der Waals surface area contributed by atoms with E-state index in [1.165, 1.54) is 23.7 Å². The van der Waals surface area contributed by atoms with Crippen LogP contribution in [0.2, 0.25) is 0 Å². The van der Waals surface area contributed by atoms with Crippen LogP contribution in [0.25, 0.3) is 0 Å². The molecule has 0 atom stereocenters. The van der Waals surface area contributed by atoms with Crippen LogP contribution < -0.4 is 5.73 Å². The number of aromatic nitrogens is 3. The summed E-state index contributed by atoms with van der Waals surface area (Å²) in [6.07, 6.45) is 0.125. The number of nitrogens with two attached hydrogens (primary N) is 1. The Morgan fingerprint density at radius 2 is 2.05 bits per heavy atom. The van der Waals surface area contributed by atoms with E-state index in [-0.39, 0.29) is 12.4 Å². The third kappa shape index (κ3) is 5.52. The molecule has 2 aromatic heterocycles. The lowest BCUT2D eigenvalue weighted by Gasteiger charge is -2.17. The van der Waals surface area contributed by atoms with Crippen LogP contribution in [0.3, 0.4) is 0 Å². The Kier molecular flexibility index (Phi) is 5.99. The van der Waals surface area contributed by atoms with E-state index < -0.39 is 12.7 Å². The number of halogens is 4. The average Bonchev–Trinajstić information content (AvgIpc) is 2.87. The molecular formula is C11H15ClF3N5S. The van der Waals surface area contributed by atoms with Crippen molar-refractivity contribution in [1.29, 1.82) is 0 Å². The standard InChI is InChI=1S/C11H14F3N5S.ClH/c1-18(5-8-4-17-10(15)20-8)6-9-16-2-3-19(9)7-11(12,13)14;/h2-4H,5-7H2,1H3,(H2,15,17);1H. The van der Waals surface area contributed by atoms with Gasteiger partial charge in [0.2, 0.25) is 0 Å². The highest BCUT2D eigenvalue weighted by Gasteiger charge is 2.28. The van der Waals surface area contributed by atoms with E-state index in [2.05, 4.69) is 9.97 Å². The van der Waals surface area contributed by atoms with Gasteiger partial charge in [-0.05, 0) is 7.05 Å². The van der Waals surface area contributed by atoms with Gasteiger partial charge in [-0.15, -0.1) is 23.7 Å². The molecule has 0 aliphatic heterocycles. The SMILES string of the molecule is CN(Cc1cnc(N)s1)Cc1nccn1CC(F)(F)F.Cl. The fraction of sp³-hybridized carbons (Fsp3) is 0.455. The van der Waals surface area contributed by atoms with Gasteiger partial charge in [-0.3, -0.25) is 4.90 Å². The van der Waals surface area contributed by atoms with Gasteiger partial charge in [-0.2, -0.15) is 13.2 Å². The van der Waals surface area contributed by atoms with Crippen molar-refractivity contribution in [2.24, 2.45) is 0 Å². The molecule has 0 saturated carbocycles. The number of hydrogen-bond acceptors (Lipinski definition) is 5. The molecule has 0 aromatic carbocycles. The number of rotatable bonds is 5. The van der Waals surface area contributed by atoms with Crippen LogP contribution in [0.4, 0.5) is 18.3 Å². The van der Waals surface area contributed by atoms with Gasteiger partial charge in [-0.1, -0.05) is 0 Å². The van der Waals surface area contributed by atoms with Crippen molar-refractivity contribution in [2.75, 3.05) is 12.8 Å². The summed E-state index contributed by atoms with van der Waals surface area (Å²) >= 11 is 1.36. The van der Waals surface area contributed by atoms with Crippen molar-refractivity contribution in [1.82, 2.24) is 19.4 Å². The Labute approximate surface area is 130 Å². The molecule has 2 N–H and O–H groups in total. The molecule has 2 rings (SSSR count). The van der Waals surface area contributed by atoms with E-state index >= 15 is 0 Å². The molecule has 0 spiro atoms. The quantitative estimate of drug-likeness (QED) is 0.908. The second-order valence-corrected chi connectivity index (χ2v) is 5.57. The highest BCUT2D eigenvalue weighted by molar-refractivity contribution is 7.15. The lowest BCUT2D eigenvalue weighted by Crippen LogP contribution is -2.23. The smallest absolute Gasteiger partial charge is 0.375 e. The monoisotopic (exact) mass is 341 g/mol. The van der Waals surface area contributed by atoms with E-state index in [4.69, 9.17) is 5.73 Å².